The lowest BCUT2D eigenvalue weighted by atomic mass is 9.82. The molecule has 1 aromatic heterocycles. The van der Waals surface area contributed by atoms with Gasteiger partial charge in [-0.1, -0.05) is 51.1 Å². The van der Waals surface area contributed by atoms with Crippen LogP contribution in [0.1, 0.15) is 57.3 Å². The monoisotopic (exact) mass is 705 g/mol. The van der Waals surface area contributed by atoms with Gasteiger partial charge in [0, 0.05) is 54.7 Å². The van der Waals surface area contributed by atoms with E-state index in [2.05, 4.69) is 5.32 Å². The van der Waals surface area contributed by atoms with Crippen LogP contribution in [0.25, 0.3) is 11.1 Å². The quantitative estimate of drug-likeness (QED) is 0.160. The highest BCUT2D eigenvalue weighted by Gasteiger charge is 2.41. The normalized spacial score (nSPS) is 14.1. The summed E-state index contributed by atoms with van der Waals surface area (Å²) in [5.41, 5.74) is 6.70. The molecule has 1 aliphatic heterocycles. The molecule has 2 aromatic carbocycles. The fourth-order valence-electron chi connectivity index (χ4n) is 5.86. The van der Waals surface area contributed by atoms with Gasteiger partial charge in [0.25, 0.3) is 17.7 Å². The van der Waals surface area contributed by atoms with Gasteiger partial charge in [-0.05, 0) is 41.7 Å². The predicted molar refractivity (Wildman–Crippen MR) is 182 cm³/mol. The Morgan fingerprint density at radius 3 is 2.25 bits per heavy atom. The molecular formula is C37H41F2N5O7. The highest BCUT2D eigenvalue weighted by molar-refractivity contribution is 6.14. The Hall–Kier alpha value is -5.34. The predicted octanol–water partition coefficient (Wildman–Crippen LogP) is 3.02. The number of amides is 5. The molecule has 4 rings (SSSR count). The molecule has 5 amide bonds. The molecule has 14 heteroatoms. The number of aliphatic hydroxyl groups is 1. The Bertz CT molecular complexity index is 1820. The SMILES string of the molecule is CC(C)(C)[C@H](c1cc(-c2cc(F)ccc2F)cn1Cc1ccccc1)N(C(=O)CO)C(=O)C[C@H](N)C(=O)NCCCC(=O)CN1C(=O)C=CC1=O. The van der Waals surface area contributed by atoms with E-state index < -0.39 is 71.7 Å². The number of nitrogens with zero attached hydrogens (tertiary/aromatic N) is 3. The van der Waals surface area contributed by atoms with Crippen LogP contribution in [0.5, 0.6) is 0 Å². The number of nitrogens with two attached hydrogens (primary N) is 1. The first-order chi connectivity index (χ1) is 24.1. The summed E-state index contributed by atoms with van der Waals surface area (Å²) in [7, 11) is 0. The van der Waals surface area contributed by atoms with Gasteiger partial charge in [-0.25, -0.2) is 8.78 Å². The molecular weight excluding hydrogens is 664 g/mol. The van der Waals surface area contributed by atoms with Crippen molar-refractivity contribution >= 4 is 35.3 Å². The molecule has 0 saturated carbocycles. The smallest absolute Gasteiger partial charge is 0.255 e. The third-order valence-corrected chi connectivity index (χ3v) is 8.29. The summed E-state index contributed by atoms with van der Waals surface area (Å²) in [4.78, 5) is 77.4. The molecule has 270 valence electrons. The minimum atomic E-state index is -1.42. The third kappa shape index (κ3) is 9.67. The molecule has 0 fully saturated rings. The molecule has 0 unspecified atom stereocenters. The number of halogens is 2. The van der Waals surface area contributed by atoms with E-state index in [9.17, 15) is 42.7 Å². The molecule has 2 atom stereocenters. The number of hydrogen-bond donors (Lipinski definition) is 3. The van der Waals surface area contributed by atoms with E-state index >= 15 is 0 Å². The molecule has 3 aromatic rings. The largest absolute Gasteiger partial charge is 0.387 e. The fourth-order valence-corrected chi connectivity index (χ4v) is 5.86. The number of ketones is 1. The van der Waals surface area contributed by atoms with Gasteiger partial charge < -0.3 is 20.7 Å². The van der Waals surface area contributed by atoms with Gasteiger partial charge in [0.1, 0.15) is 18.2 Å². The number of aromatic nitrogens is 1. The van der Waals surface area contributed by atoms with Crippen LogP contribution in [-0.2, 0) is 35.3 Å². The summed E-state index contributed by atoms with van der Waals surface area (Å²) < 4.78 is 31.0. The van der Waals surface area contributed by atoms with Gasteiger partial charge in [0.2, 0.25) is 11.8 Å². The van der Waals surface area contributed by atoms with E-state index in [4.69, 9.17) is 5.73 Å². The van der Waals surface area contributed by atoms with E-state index in [0.29, 0.717) is 11.3 Å². The first kappa shape index (κ1) is 38.5. The summed E-state index contributed by atoms with van der Waals surface area (Å²) >= 11 is 0. The Kier molecular flexibility index (Phi) is 12.5. The van der Waals surface area contributed by atoms with Crippen molar-refractivity contribution in [3.63, 3.8) is 0 Å². The second-order valence-corrected chi connectivity index (χ2v) is 13.3. The fraction of sp³-hybridized carbons (Fsp3) is 0.351. The number of rotatable bonds is 15. The summed E-state index contributed by atoms with van der Waals surface area (Å²) in [6.07, 6.45) is 3.26. The second-order valence-electron chi connectivity index (χ2n) is 13.3. The maximum atomic E-state index is 15.0. The van der Waals surface area contributed by atoms with Crippen LogP contribution in [0, 0.1) is 17.0 Å². The lowest BCUT2D eigenvalue weighted by molar-refractivity contribution is -0.154. The van der Waals surface area contributed by atoms with Crippen LogP contribution in [0.15, 0.2) is 72.9 Å². The van der Waals surface area contributed by atoms with Crippen molar-refractivity contribution < 1.29 is 42.7 Å². The number of carbonyl (C=O) groups excluding carboxylic acids is 6. The maximum absolute atomic E-state index is 15.0. The van der Waals surface area contributed by atoms with E-state index in [-0.39, 0.29) is 43.8 Å². The molecule has 12 nitrogen and oxygen atoms in total. The third-order valence-electron chi connectivity index (χ3n) is 8.29. The minimum absolute atomic E-state index is 0.00290. The van der Waals surface area contributed by atoms with Crippen LogP contribution < -0.4 is 11.1 Å². The average Bonchev–Trinajstić information content (AvgIpc) is 3.63. The van der Waals surface area contributed by atoms with Crippen molar-refractivity contribution in [2.45, 2.75) is 58.7 Å². The molecule has 0 aliphatic carbocycles. The first-order valence-electron chi connectivity index (χ1n) is 16.3. The lowest BCUT2D eigenvalue weighted by Gasteiger charge is -2.39. The van der Waals surface area contributed by atoms with E-state index in [1.807, 2.05) is 30.3 Å². The number of nitrogens with one attached hydrogen (secondary N) is 1. The summed E-state index contributed by atoms with van der Waals surface area (Å²) in [6.45, 7) is 4.12. The van der Waals surface area contributed by atoms with Crippen molar-refractivity contribution in [2.24, 2.45) is 11.1 Å². The number of Topliss-reactive ketones (excluding diaryl/α,β-unsaturated/α-hetero) is 1. The van der Waals surface area contributed by atoms with Gasteiger partial charge >= 0.3 is 0 Å². The van der Waals surface area contributed by atoms with E-state index in [1.54, 1.807) is 37.6 Å². The van der Waals surface area contributed by atoms with E-state index in [0.717, 1.165) is 45.7 Å². The van der Waals surface area contributed by atoms with Crippen LogP contribution in [0.2, 0.25) is 0 Å². The Labute approximate surface area is 293 Å². The Morgan fingerprint density at radius 2 is 1.63 bits per heavy atom. The number of hydrogen-bond acceptors (Lipinski definition) is 8. The van der Waals surface area contributed by atoms with Gasteiger partial charge in [0.15, 0.2) is 5.78 Å². The second kappa shape index (κ2) is 16.6. The number of carbonyl (C=O) groups is 6. The van der Waals surface area contributed by atoms with Crippen LogP contribution in [-0.4, -0.2) is 80.5 Å². The van der Waals surface area contributed by atoms with Crippen LogP contribution in [0.4, 0.5) is 8.78 Å². The molecule has 0 spiro atoms. The highest BCUT2D eigenvalue weighted by atomic mass is 19.1. The first-order valence-corrected chi connectivity index (χ1v) is 16.3. The standard InChI is InChI=1S/C37H41F2N5O7/c1-37(2,3)35(30-16-24(27-17-25(38)11-12-28(27)39)20-42(30)19-23-8-5-4-6-9-23)44(34(50)22-45)33(49)18-29(40)36(51)41-15-7-10-26(46)21-43-31(47)13-14-32(43)48/h4-6,8-9,11-14,16-17,20,29,35,45H,7,10,15,18-19,21-22,40H2,1-3H3,(H,41,51)/t29-,35-/m0/s1. The van der Waals surface area contributed by atoms with Gasteiger partial charge in [-0.3, -0.25) is 38.6 Å². The van der Waals surface area contributed by atoms with Crippen molar-refractivity contribution in [3.8, 4) is 11.1 Å². The number of imide groups is 2. The zero-order valence-corrected chi connectivity index (χ0v) is 28.6. The molecule has 0 saturated heterocycles. The molecule has 4 N–H and O–H groups in total. The van der Waals surface area contributed by atoms with E-state index in [1.165, 1.54) is 0 Å². The number of benzene rings is 2. The zero-order valence-electron chi connectivity index (χ0n) is 28.6. The van der Waals surface area contributed by atoms with Crippen molar-refractivity contribution in [3.05, 3.63) is 95.8 Å². The van der Waals surface area contributed by atoms with Gasteiger partial charge in [-0.15, -0.1) is 0 Å². The minimum Gasteiger partial charge on any atom is -0.387 e. The molecule has 2 heterocycles. The molecule has 1 aliphatic rings. The Morgan fingerprint density at radius 1 is 0.961 bits per heavy atom. The van der Waals surface area contributed by atoms with Crippen LogP contribution >= 0.6 is 0 Å². The summed E-state index contributed by atoms with van der Waals surface area (Å²) in [5, 5.41) is 12.5. The molecule has 51 heavy (non-hydrogen) atoms. The molecule has 0 radical (unpaired) electrons. The van der Waals surface area contributed by atoms with Gasteiger partial charge in [-0.2, -0.15) is 0 Å². The highest BCUT2D eigenvalue weighted by Crippen LogP contribution is 2.41. The zero-order chi connectivity index (χ0) is 37.5. The van der Waals surface area contributed by atoms with Gasteiger partial charge in [0.05, 0.1) is 25.0 Å². The van der Waals surface area contributed by atoms with Crippen LogP contribution in [0.3, 0.4) is 0 Å². The van der Waals surface area contributed by atoms with Crippen molar-refractivity contribution in [2.75, 3.05) is 19.7 Å². The maximum Gasteiger partial charge on any atom is 0.255 e. The summed E-state index contributed by atoms with van der Waals surface area (Å²) in [5.74, 6) is -5.42. The van der Waals surface area contributed by atoms with Crippen molar-refractivity contribution in [1.82, 2.24) is 19.7 Å². The van der Waals surface area contributed by atoms with Crippen molar-refractivity contribution in [1.29, 1.82) is 0 Å². The average molecular weight is 706 g/mol. The topological polar surface area (TPSA) is 172 Å². The molecule has 0 bridgehead atoms. The lowest BCUT2D eigenvalue weighted by Crippen LogP contribution is -2.50. The summed E-state index contributed by atoms with van der Waals surface area (Å²) in [6, 6.07) is 11.4. The number of aliphatic hydroxyl groups excluding tert-OH is 1. The Balaban J connectivity index is 1.55.